The maximum Gasteiger partial charge on any atom is 0.141 e. The quantitative estimate of drug-likeness (QED) is 0.682. The molecule has 20 heavy (non-hydrogen) atoms. The summed E-state index contributed by atoms with van der Waals surface area (Å²) in [5.74, 6) is 0.206. The maximum absolute atomic E-state index is 9.82. The fourth-order valence-electron chi connectivity index (χ4n) is 2.01. The van der Waals surface area contributed by atoms with Gasteiger partial charge in [-0.15, -0.1) is 12.6 Å². The van der Waals surface area contributed by atoms with Crippen LogP contribution in [-0.2, 0) is 0 Å². The number of aromatic nitrogens is 1. The summed E-state index contributed by atoms with van der Waals surface area (Å²) in [7, 11) is 0. The van der Waals surface area contributed by atoms with E-state index in [-0.39, 0.29) is 5.75 Å². The van der Waals surface area contributed by atoms with Gasteiger partial charge in [0.1, 0.15) is 11.3 Å². The molecule has 0 radical (unpaired) electrons. The summed E-state index contributed by atoms with van der Waals surface area (Å²) in [6.07, 6.45) is 3.92. The molecule has 2 aromatic carbocycles. The highest BCUT2D eigenvalue weighted by atomic mass is 32.1. The molecule has 0 aliphatic rings. The third kappa shape index (κ3) is 2.68. The van der Waals surface area contributed by atoms with Crippen LogP contribution < -0.4 is 0 Å². The summed E-state index contributed by atoms with van der Waals surface area (Å²) in [6, 6.07) is 17.2. The SMILES string of the molecule is Oc1cccc2ccc(/C=C/c3ccc(S)cc3)nc12. The molecule has 2 nitrogen and oxygen atoms in total. The molecule has 0 aliphatic carbocycles. The molecule has 98 valence electrons. The van der Waals surface area contributed by atoms with Gasteiger partial charge in [0, 0.05) is 10.3 Å². The number of aromatic hydroxyl groups is 1. The standard InChI is InChI=1S/C17H13NOS/c19-16-3-1-2-13-7-9-14(18-17(13)16)8-4-12-5-10-15(20)11-6-12/h1-11,19-20H/b8-4+. The van der Waals surface area contributed by atoms with Gasteiger partial charge < -0.3 is 5.11 Å². The molecular weight excluding hydrogens is 266 g/mol. The van der Waals surface area contributed by atoms with E-state index in [1.54, 1.807) is 6.07 Å². The molecule has 1 heterocycles. The maximum atomic E-state index is 9.82. The topological polar surface area (TPSA) is 33.1 Å². The van der Waals surface area contributed by atoms with Crippen molar-refractivity contribution in [1.82, 2.24) is 4.98 Å². The molecule has 1 N–H and O–H groups in total. The van der Waals surface area contributed by atoms with E-state index in [2.05, 4.69) is 17.6 Å². The first-order valence-electron chi connectivity index (χ1n) is 6.28. The predicted molar refractivity (Wildman–Crippen MR) is 86.0 cm³/mol. The minimum Gasteiger partial charge on any atom is -0.506 e. The van der Waals surface area contributed by atoms with E-state index < -0.39 is 0 Å². The van der Waals surface area contributed by atoms with Crippen LogP contribution in [-0.4, -0.2) is 10.1 Å². The Kier molecular flexibility index (Phi) is 3.44. The van der Waals surface area contributed by atoms with Crippen molar-refractivity contribution < 1.29 is 5.11 Å². The Morgan fingerprint density at radius 3 is 2.50 bits per heavy atom. The number of fused-ring (bicyclic) bond motifs is 1. The molecule has 0 aliphatic heterocycles. The number of hydrogen-bond donors (Lipinski definition) is 2. The van der Waals surface area contributed by atoms with Crippen LogP contribution in [0.3, 0.4) is 0 Å². The van der Waals surface area contributed by atoms with Gasteiger partial charge in [-0.05, 0) is 35.9 Å². The van der Waals surface area contributed by atoms with Gasteiger partial charge in [0.15, 0.2) is 0 Å². The van der Waals surface area contributed by atoms with Crippen molar-refractivity contribution in [2.24, 2.45) is 0 Å². The molecule has 3 rings (SSSR count). The average Bonchev–Trinajstić information content (AvgIpc) is 2.47. The highest BCUT2D eigenvalue weighted by molar-refractivity contribution is 7.80. The second-order valence-electron chi connectivity index (χ2n) is 4.51. The van der Waals surface area contributed by atoms with Crippen molar-refractivity contribution >= 4 is 35.7 Å². The second kappa shape index (κ2) is 5.39. The van der Waals surface area contributed by atoms with Crippen LogP contribution >= 0.6 is 12.6 Å². The first kappa shape index (κ1) is 12.8. The van der Waals surface area contributed by atoms with Crippen LogP contribution in [0.4, 0.5) is 0 Å². The smallest absolute Gasteiger partial charge is 0.141 e. The summed E-state index contributed by atoms with van der Waals surface area (Å²) >= 11 is 4.26. The Hall–Kier alpha value is -2.26. The Morgan fingerprint density at radius 1 is 0.900 bits per heavy atom. The predicted octanol–water partition coefficient (Wildman–Crippen LogP) is 4.40. The molecule has 0 saturated carbocycles. The second-order valence-corrected chi connectivity index (χ2v) is 5.03. The van der Waals surface area contributed by atoms with E-state index in [0.29, 0.717) is 5.52 Å². The minimum absolute atomic E-state index is 0.206. The van der Waals surface area contributed by atoms with E-state index >= 15 is 0 Å². The molecule has 1 aromatic heterocycles. The third-order valence-corrected chi connectivity index (χ3v) is 3.36. The van der Waals surface area contributed by atoms with Crippen molar-refractivity contribution in [1.29, 1.82) is 0 Å². The zero-order valence-corrected chi connectivity index (χ0v) is 11.6. The van der Waals surface area contributed by atoms with Gasteiger partial charge in [0.25, 0.3) is 0 Å². The Bertz CT molecular complexity index is 779. The van der Waals surface area contributed by atoms with Gasteiger partial charge in [-0.25, -0.2) is 4.98 Å². The van der Waals surface area contributed by atoms with Crippen LogP contribution in [0.1, 0.15) is 11.3 Å². The monoisotopic (exact) mass is 279 g/mol. The van der Waals surface area contributed by atoms with Crippen LogP contribution in [0.15, 0.2) is 59.5 Å². The number of phenolic OH excluding ortho intramolecular Hbond substituents is 1. The lowest BCUT2D eigenvalue weighted by Gasteiger charge is -2.01. The van der Waals surface area contributed by atoms with E-state index in [0.717, 1.165) is 21.5 Å². The van der Waals surface area contributed by atoms with Crippen molar-refractivity contribution in [3.8, 4) is 5.75 Å². The van der Waals surface area contributed by atoms with E-state index in [4.69, 9.17) is 0 Å². The van der Waals surface area contributed by atoms with Crippen LogP contribution in [0.2, 0.25) is 0 Å². The van der Waals surface area contributed by atoms with Crippen molar-refractivity contribution in [2.75, 3.05) is 0 Å². The van der Waals surface area contributed by atoms with Gasteiger partial charge in [0.2, 0.25) is 0 Å². The normalized spacial score (nSPS) is 11.2. The lowest BCUT2D eigenvalue weighted by molar-refractivity contribution is 0.480. The third-order valence-electron chi connectivity index (χ3n) is 3.06. The molecular formula is C17H13NOS. The molecule has 3 heteroatoms. The highest BCUT2D eigenvalue weighted by Gasteiger charge is 2.00. The number of thiol groups is 1. The summed E-state index contributed by atoms with van der Waals surface area (Å²) in [6.45, 7) is 0. The van der Waals surface area contributed by atoms with Crippen LogP contribution in [0, 0.1) is 0 Å². The molecule has 3 aromatic rings. The van der Waals surface area contributed by atoms with Crippen molar-refractivity contribution in [3.63, 3.8) is 0 Å². The first-order chi connectivity index (χ1) is 9.72. The number of phenols is 1. The lowest BCUT2D eigenvalue weighted by Crippen LogP contribution is -1.83. The van der Waals surface area contributed by atoms with Gasteiger partial charge >= 0.3 is 0 Å². The zero-order valence-electron chi connectivity index (χ0n) is 10.7. The summed E-state index contributed by atoms with van der Waals surface area (Å²) < 4.78 is 0. The van der Waals surface area contributed by atoms with Crippen LogP contribution in [0.5, 0.6) is 5.75 Å². The van der Waals surface area contributed by atoms with Gasteiger partial charge in [0.05, 0.1) is 5.69 Å². The molecule has 0 spiro atoms. The first-order valence-corrected chi connectivity index (χ1v) is 6.73. The van der Waals surface area contributed by atoms with E-state index in [1.807, 2.05) is 60.7 Å². The molecule has 0 bridgehead atoms. The fraction of sp³-hybridized carbons (Fsp3) is 0. The number of nitrogens with zero attached hydrogens (tertiary/aromatic N) is 1. The summed E-state index contributed by atoms with van der Waals surface area (Å²) in [4.78, 5) is 5.40. The summed E-state index contributed by atoms with van der Waals surface area (Å²) in [5, 5.41) is 10.7. The van der Waals surface area contributed by atoms with E-state index in [1.165, 1.54) is 0 Å². The van der Waals surface area contributed by atoms with Crippen molar-refractivity contribution in [3.05, 3.63) is 65.9 Å². The van der Waals surface area contributed by atoms with Gasteiger partial charge in [-0.3, -0.25) is 0 Å². The highest BCUT2D eigenvalue weighted by Crippen LogP contribution is 2.23. The molecule has 0 atom stereocenters. The van der Waals surface area contributed by atoms with Gasteiger partial charge in [-0.1, -0.05) is 36.4 Å². The number of rotatable bonds is 2. The average molecular weight is 279 g/mol. The van der Waals surface area contributed by atoms with Gasteiger partial charge in [-0.2, -0.15) is 0 Å². The zero-order chi connectivity index (χ0) is 13.9. The fourth-order valence-corrected chi connectivity index (χ4v) is 2.16. The Balaban J connectivity index is 1.94. The number of pyridine rings is 1. The molecule has 0 fully saturated rings. The summed E-state index contributed by atoms with van der Waals surface area (Å²) in [5.41, 5.74) is 2.52. The molecule has 0 saturated heterocycles. The molecule has 0 amide bonds. The van der Waals surface area contributed by atoms with E-state index in [9.17, 15) is 5.11 Å². The molecule has 0 unspecified atom stereocenters. The van der Waals surface area contributed by atoms with Crippen molar-refractivity contribution in [2.45, 2.75) is 4.90 Å². The largest absolute Gasteiger partial charge is 0.506 e. The number of para-hydroxylation sites is 1. The lowest BCUT2D eigenvalue weighted by atomic mass is 10.1. The number of benzene rings is 2. The number of hydrogen-bond acceptors (Lipinski definition) is 3. The Labute approximate surface area is 122 Å². The minimum atomic E-state index is 0.206. The van der Waals surface area contributed by atoms with Crippen LogP contribution in [0.25, 0.3) is 23.1 Å². The Morgan fingerprint density at radius 2 is 1.70 bits per heavy atom.